The van der Waals surface area contributed by atoms with Crippen molar-refractivity contribution in [1.82, 2.24) is 24.4 Å². The summed E-state index contributed by atoms with van der Waals surface area (Å²) in [6, 6.07) is 9.94. The first-order valence-corrected chi connectivity index (χ1v) is 9.91. The van der Waals surface area contributed by atoms with Crippen LogP contribution in [-0.2, 0) is 17.6 Å². The van der Waals surface area contributed by atoms with Gasteiger partial charge in [-0.1, -0.05) is 37.3 Å². The van der Waals surface area contributed by atoms with E-state index >= 15 is 0 Å². The predicted octanol–water partition coefficient (Wildman–Crippen LogP) is 3.17. The largest absolute Gasteiger partial charge is 0.342 e. The summed E-state index contributed by atoms with van der Waals surface area (Å²) in [7, 11) is 0. The molecular weight excluding hydrogens is 350 g/mol. The van der Waals surface area contributed by atoms with E-state index in [9.17, 15) is 4.79 Å². The molecule has 28 heavy (non-hydrogen) atoms. The summed E-state index contributed by atoms with van der Waals surface area (Å²) >= 11 is 0. The Hall–Kier alpha value is -3.02. The number of hydrogen-bond donors (Lipinski definition) is 0. The molecule has 0 bridgehead atoms. The molecule has 0 unspecified atom stereocenters. The lowest BCUT2D eigenvalue weighted by Crippen LogP contribution is -2.39. The molecule has 1 aliphatic rings. The van der Waals surface area contributed by atoms with E-state index in [-0.39, 0.29) is 5.91 Å². The highest BCUT2D eigenvalue weighted by Crippen LogP contribution is 2.30. The molecule has 0 aliphatic carbocycles. The first-order valence-electron chi connectivity index (χ1n) is 9.91. The minimum Gasteiger partial charge on any atom is -0.342 e. The molecule has 0 spiro atoms. The van der Waals surface area contributed by atoms with Crippen molar-refractivity contribution in [2.24, 2.45) is 0 Å². The second-order valence-corrected chi connectivity index (χ2v) is 7.15. The van der Waals surface area contributed by atoms with Gasteiger partial charge in [-0.15, -0.1) is 0 Å². The fourth-order valence-electron chi connectivity index (χ4n) is 3.89. The number of carbonyl (C=O) groups excluding carboxylic acids is 1. The maximum Gasteiger partial charge on any atom is 0.226 e. The van der Waals surface area contributed by atoms with E-state index in [4.69, 9.17) is 0 Å². The van der Waals surface area contributed by atoms with Crippen molar-refractivity contribution in [2.75, 3.05) is 13.1 Å². The molecule has 1 aromatic carbocycles. The number of benzene rings is 1. The van der Waals surface area contributed by atoms with Crippen molar-refractivity contribution in [3.05, 3.63) is 72.2 Å². The predicted molar refractivity (Wildman–Crippen MR) is 107 cm³/mol. The van der Waals surface area contributed by atoms with E-state index < -0.39 is 0 Å². The van der Waals surface area contributed by atoms with Crippen LogP contribution in [0.4, 0.5) is 0 Å². The van der Waals surface area contributed by atoms with Crippen LogP contribution in [0.25, 0.3) is 5.82 Å². The topological polar surface area (TPSA) is 63.9 Å². The number of hydrogen-bond acceptors (Lipinski definition) is 4. The van der Waals surface area contributed by atoms with Gasteiger partial charge in [0.25, 0.3) is 0 Å². The Morgan fingerprint density at radius 1 is 1.04 bits per heavy atom. The fourth-order valence-corrected chi connectivity index (χ4v) is 3.89. The van der Waals surface area contributed by atoms with Crippen LogP contribution in [0.1, 0.15) is 42.8 Å². The summed E-state index contributed by atoms with van der Waals surface area (Å²) in [5.41, 5.74) is 2.07. The van der Waals surface area contributed by atoms with Gasteiger partial charge in [-0.3, -0.25) is 14.3 Å². The maximum absolute atomic E-state index is 12.6. The number of piperidine rings is 1. The lowest BCUT2D eigenvalue weighted by atomic mass is 9.92. The molecule has 144 valence electrons. The molecular formula is C22H25N5O. The molecule has 1 aliphatic heterocycles. The molecule has 6 heteroatoms. The van der Waals surface area contributed by atoms with Crippen molar-refractivity contribution < 1.29 is 4.79 Å². The second-order valence-electron chi connectivity index (χ2n) is 7.15. The Bertz CT molecular complexity index is 929. The first kappa shape index (κ1) is 18.3. The van der Waals surface area contributed by atoms with Crippen molar-refractivity contribution in [1.29, 1.82) is 0 Å². The second kappa shape index (κ2) is 8.33. The number of rotatable bonds is 5. The third-order valence-electron chi connectivity index (χ3n) is 5.40. The minimum absolute atomic E-state index is 0.201. The molecule has 3 heterocycles. The van der Waals surface area contributed by atoms with E-state index in [2.05, 4.69) is 21.9 Å². The van der Waals surface area contributed by atoms with Crippen molar-refractivity contribution in [3.63, 3.8) is 0 Å². The normalized spacial score (nSPS) is 15.0. The number of likely N-dealkylation sites (tertiary alicyclic amines) is 1. The van der Waals surface area contributed by atoms with E-state index in [1.807, 2.05) is 52.2 Å². The average Bonchev–Trinajstić information content (AvgIpc) is 3.23. The van der Waals surface area contributed by atoms with Crippen LogP contribution >= 0.6 is 0 Å². The van der Waals surface area contributed by atoms with Gasteiger partial charge < -0.3 is 4.90 Å². The molecule has 0 atom stereocenters. The van der Waals surface area contributed by atoms with Gasteiger partial charge in [-0.25, -0.2) is 9.97 Å². The summed E-state index contributed by atoms with van der Waals surface area (Å²) in [6.07, 6.45) is 10.4. The zero-order valence-electron chi connectivity index (χ0n) is 16.2. The van der Waals surface area contributed by atoms with Crippen LogP contribution in [-0.4, -0.2) is 43.4 Å². The monoisotopic (exact) mass is 375 g/mol. The average molecular weight is 375 g/mol. The number of carbonyl (C=O) groups is 1. The minimum atomic E-state index is 0.201. The highest BCUT2D eigenvalue weighted by molar-refractivity contribution is 5.78. The molecule has 0 radical (unpaired) electrons. The van der Waals surface area contributed by atoms with Crippen LogP contribution in [0.15, 0.2) is 55.1 Å². The van der Waals surface area contributed by atoms with Gasteiger partial charge in [0, 0.05) is 50.2 Å². The van der Waals surface area contributed by atoms with Crippen molar-refractivity contribution in [3.8, 4) is 5.82 Å². The van der Waals surface area contributed by atoms with Gasteiger partial charge in [0.2, 0.25) is 5.91 Å². The number of aromatic nitrogens is 4. The summed E-state index contributed by atoms with van der Waals surface area (Å²) < 4.78 is 2.04. The highest BCUT2D eigenvalue weighted by Gasteiger charge is 2.27. The Morgan fingerprint density at radius 2 is 1.79 bits per heavy atom. The quantitative estimate of drug-likeness (QED) is 0.687. The standard InChI is InChI=1S/C22H25N5O/c1-2-19-23-12-15-27(19)22-21(24-10-11-25-22)18-8-13-26(14-9-18)20(28)16-17-6-4-3-5-7-17/h3-7,10-12,15,18H,2,8-9,13-14,16H2,1H3. The summed E-state index contributed by atoms with van der Waals surface area (Å²) in [5.74, 6) is 2.35. The van der Waals surface area contributed by atoms with Crippen LogP contribution in [0, 0.1) is 0 Å². The molecule has 1 amide bonds. The van der Waals surface area contributed by atoms with Gasteiger partial charge in [-0.05, 0) is 18.4 Å². The molecule has 2 aromatic heterocycles. The third kappa shape index (κ3) is 3.81. The zero-order valence-corrected chi connectivity index (χ0v) is 16.2. The van der Waals surface area contributed by atoms with Gasteiger partial charge in [0.15, 0.2) is 5.82 Å². The molecule has 1 saturated heterocycles. The van der Waals surface area contributed by atoms with E-state index in [1.54, 1.807) is 12.4 Å². The van der Waals surface area contributed by atoms with Crippen LogP contribution in [0.2, 0.25) is 0 Å². The Morgan fingerprint density at radius 3 is 2.54 bits per heavy atom. The van der Waals surface area contributed by atoms with E-state index in [0.717, 1.165) is 55.3 Å². The molecule has 6 nitrogen and oxygen atoms in total. The van der Waals surface area contributed by atoms with Gasteiger partial charge >= 0.3 is 0 Å². The number of nitrogens with zero attached hydrogens (tertiary/aromatic N) is 5. The summed E-state index contributed by atoms with van der Waals surface area (Å²) in [4.78, 5) is 28.3. The third-order valence-corrected chi connectivity index (χ3v) is 5.40. The van der Waals surface area contributed by atoms with E-state index in [1.165, 1.54) is 0 Å². The maximum atomic E-state index is 12.6. The zero-order chi connectivity index (χ0) is 19.3. The lowest BCUT2D eigenvalue weighted by Gasteiger charge is -2.32. The van der Waals surface area contributed by atoms with Crippen molar-refractivity contribution >= 4 is 5.91 Å². The molecule has 1 fully saturated rings. The van der Waals surface area contributed by atoms with Crippen LogP contribution in [0.5, 0.6) is 0 Å². The molecule has 0 N–H and O–H groups in total. The van der Waals surface area contributed by atoms with Crippen LogP contribution < -0.4 is 0 Å². The fraction of sp³-hybridized carbons (Fsp3) is 0.364. The summed E-state index contributed by atoms with van der Waals surface area (Å²) in [5, 5.41) is 0. The Labute approximate surface area is 165 Å². The SMILES string of the molecule is CCc1nccn1-c1nccnc1C1CCN(C(=O)Cc2ccccc2)CC1. The van der Waals surface area contributed by atoms with Gasteiger partial charge in [0.1, 0.15) is 5.82 Å². The van der Waals surface area contributed by atoms with Crippen LogP contribution in [0.3, 0.4) is 0 Å². The molecule has 4 rings (SSSR count). The van der Waals surface area contributed by atoms with Gasteiger partial charge in [0.05, 0.1) is 12.1 Å². The molecule has 3 aromatic rings. The summed E-state index contributed by atoms with van der Waals surface area (Å²) in [6.45, 7) is 3.61. The highest BCUT2D eigenvalue weighted by atomic mass is 16.2. The molecule has 0 saturated carbocycles. The number of imidazole rings is 1. The van der Waals surface area contributed by atoms with Gasteiger partial charge in [-0.2, -0.15) is 0 Å². The first-order chi connectivity index (χ1) is 13.8. The van der Waals surface area contributed by atoms with Crippen molar-refractivity contribution in [2.45, 2.75) is 38.5 Å². The number of amides is 1. The number of aryl methyl sites for hydroxylation is 1. The Kier molecular flexibility index (Phi) is 5.46. The lowest BCUT2D eigenvalue weighted by molar-refractivity contribution is -0.131. The smallest absolute Gasteiger partial charge is 0.226 e. The van der Waals surface area contributed by atoms with E-state index in [0.29, 0.717) is 12.3 Å². The Balaban J connectivity index is 1.45.